The van der Waals surface area contributed by atoms with Crippen molar-refractivity contribution in [1.82, 2.24) is 0 Å². The zero-order valence-corrected chi connectivity index (χ0v) is 14.3. The number of halogens is 1. The maximum atomic E-state index is 6.62. The van der Waals surface area contributed by atoms with E-state index in [0.29, 0.717) is 11.3 Å². The zero-order valence-electron chi connectivity index (χ0n) is 13.5. The lowest BCUT2D eigenvalue weighted by Gasteiger charge is -2.43. The van der Waals surface area contributed by atoms with Crippen molar-refractivity contribution in [1.29, 1.82) is 0 Å². The fourth-order valence-electron chi connectivity index (χ4n) is 4.05. The molecule has 1 aromatic carbocycles. The van der Waals surface area contributed by atoms with Crippen molar-refractivity contribution < 1.29 is 0 Å². The summed E-state index contributed by atoms with van der Waals surface area (Å²) in [5.74, 6) is 0.658. The molecule has 20 heavy (non-hydrogen) atoms. The molecular weight excluding hydrogens is 264 g/mol. The minimum absolute atomic E-state index is 0.215. The summed E-state index contributed by atoms with van der Waals surface area (Å²) in [5.41, 5.74) is 6.64. The Bertz CT molecular complexity index is 490. The van der Waals surface area contributed by atoms with E-state index in [1.54, 1.807) is 11.1 Å². The molecule has 0 fully saturated rings. The molecule has 2 aliphatic carbocycles. The van der Waals surface area contributed by atoms with Gasteiger partial charge in [-0.2, -0.15) is 0 Å². The van der Waals surface area contributed by atoms with Crippen molar-refractivity contribution in [3.8, 4) is 0 Å². The van der Waals surface area contributed by atoms with Crippen molar-refractivity contribution in [2.24, 2.45) is 0 Å². The van der Waals surface area contributed by atoms with Crippen LogP contribution >= 0.6 is 11.6 Å². The summed E-state index contributed by atoms with van der Waals surface area (Å²) in [6.07, 6.45) is 4.90. The van der Waals surface area contributed by atoms with Crippen LogP contribution in [0.2, 0.25) is 0 Å². The molecular formula is C19H27Cl. The predicted octanol–water partition coefficient (Wildman–Crippen LogP) is 6.21. The molecule has 1 heteroatoms. The van der Waals surface area contributed by atoms with E-state index in [1.807, 2.05) is 0 Å². The highest BCUT2D eigenvalue weighted by atomic mass is 35.5. The van der Waals surface area contributed by atoms with Gasteiger partial charge in [0, 0.05) is 0 Å². The summed E-state index contributed by atoms with van der Waals surface area (Å²) < 4.78 is 0. The Morgan fingerprint density at radius 3 is 1.95 bits per heavy atom. The Hall–Kier alpha value is -0.490. The van der Waals surface area contributed by atoms with Crippen molar-refractivity contribution >= 4 is 11.6 Å². The van der Waals surface area contributed by atoms with Gasteiger partial charge >= 0.3 is 0 Å². The molecule has 0 aliphatic heterocycles. The standard InChI is InChI=1S/C19H27Cl/c1-12-6-7-17(20)14-11-16-15(10-13(12)14)18(2,3)8-9-19(16,4)5/h10-12,17H,6-9H2,1-5H3. The summed E-state index contributed by atoms with van der Waals surface area (Å²) in [6, 6.07) is 4.96. The van der Waals surface area contributed by atoms with Crippen LogP contribution < -0.4 is 0 Å². The van der Waals surface area contributed by atoms with Gasteiger partial charge in [-0.15, -0.1) is 11.6 Å². The lowest BCUT2D eigenvalue weighted by molar-refractivity contribution is 0.330. The summed E-state index contributed by atoms with van der Waals surface area (Å²) in [5, 5.41) is 0.215. The van der Waals surface area contributed by atoms with Crippen molar-refractivity contribution in [2.75, 3.05) is 0 Å². The summed E-state index contributed by atoms with van der Waals surface area (Å²) in [7, 11) is 0. The highest BCUT2D eigenvalue weighted by molar-refractivity contribution is 6.21. The largest absolute Gasteiger partial charge is 0.118 e. The molecule has 0 nitrogen and oxygen atoms in total. The Balaban J connectivity index is 2.25. The monoisotopic (exact) mass is 290 g/mol. The molecule has 0 radical (unpaired) electrons. The van der Waals surface area contributed by atoms with Gasteiger partial charge in [-0.1, -0.05) is 46.8 Å². The van der Waals surface area contributed by atoms with E-state index in [0.717, 1.165) is 6.42 Å². The van der Waals surface area contributed by atoms with E-state index >= 15 is 0 Å². The summed E-state index contributed by atoms with van der Waals surface area (Å²) in [4.78, 5) is 0. The Morgan fingerprint density at radius 2 is 1.40 bits per heavy atom. The van der Waals surface area contributed by atoms with Gasteiger partial charge in [0.2, 0.25) is 0 Å². The number of fused-ring (bicyclic) bond motifs is 2. The number of rotatable bonds is 0. The smallest absolute Gasteiger partial charge is 0.0588 e. The van der Waals surface area contributed by atoms with Gasteiger partial charge in [0.25, 0.3) is 0 Å². The maximum Gasteiger partial charge on any atom is 0.0588 e. The molecule has 2 atom stereocenters. The van der Waals surface area contributed by atoms with Gasteiger partial charge in [-0.3, -0.25) is 0 Å². The van der Waals surface area contributed by atoms with Gasteiger partial charge in [0.1, 0.15) is 0 Å². The minimum atomic E-state index is 0.215. The SMILES string of the molecule is CC1CCC(Cl)c2cc3c(cc21)C(C)(C)CCC3(C)C. The molecule has 0 saturated carbocycles. The number of hydrogen-bond donors (Lipinski definition) is 0. The first-order valence-corrected chi connectivity index (χ1v) is 8.49. The van der Waals surface area contributed by atoms with Crippen LogP contribution in [-0.2, 0) is 10.8 Å². The first-order valence-electron chi connectivity index (χ1n) is 8.05. The summed E-state index contributed by atoms with van der Waals surface area (Å²) >= 11 is 6.62. The highest BCUT2D eigenvalue weighted by Gasteiger charge is 2.39. The molecule has 0 amide bonds. The molecule has 0 N–H and O–H groups in total. The van der Waals surface area contributed by atoms with Crippen molar-refractivity contribution in [3.63, 3.8) is 0 Å². The summed E-state index contributed by atoms with van der Waals surface area (Å²) in [6.45, 7) is 11.9. The van der Waals surface area contributed by atoms with E-state index in [1.165, 1.54) is 30.4 Å². The first-order chi connectivity index (χ1) is 9.22. The normalized spacial score (nSPS) is 30.5. The number of alkyl halides is 1. The first kappa shape index (κ1) is 14.4. The topological polar surface area (TPSA) is 0 Å². The highest BCUT2D eigenvalue weighted by Crippen LogP contribution is 2.50. The Kier molecular flexibility index (Phi) is 3.25. The molecule has 3 rings (SSSR count). The zero-order chi connectivity index (χ0) is 14.7. The molecule has 0 saturated heterocycles. The Labute approximate surface area is 128 Å². The van der Waals surface area contributed by atoms with Gasteiger partial charge in [-0.05, 0) is 64.7 Å². The molecule has 1 aromatic rings. The lowest BCUT2D eigenvalue weighted by atomic mass is 9.61. The molecule has 0 heterocycles. The third-order valence-corrected chi connectivity index (χ3v) is 6.23. The third kappa shape index (κ3) is 2.11. The van der Waals surface area contributed by atoms with Crippen LogP contribution in [-0.4, -0.2) is 0 Å². The molecule has 110 valence electrons. The average Bonchev–Trinajstić information content (AvgIpc) is 2.39. The van der Waals surface area contributed by atoms with Crippen LogP contribution in [0.3, 0.4) is 0 Å². The van der Waals surface area contributed by atoms with Crippen LogP contribution in [0.4, 0.5) is 0 Å². The van der Waals surface area contributed by atoms with E-state index in [-0.39, 0.29) is 10.8 Å². The van der Waals surface area contributed by atoms with E-state index < -0.39 is 0 Å². The van der Waals surface area contributed by atoms with Gasteiger partial charge in [0.15, 0.2) is 0 Å². The average molecular weight is 291 g/mol. The number of hydrogen-bond acceptors (Lipinski definition) is 0. The fourth-order valence-corrected chi connectivity index (χ4v) is 4.37. The van der Waals surface area contributed by atoms with Gasteiger partial charge < -0.3 is 0 Å². The second-order valence-electron chi connectivity index (χ2n) is 8.24. The van der Waals surface area contributed by atoms with Crippen LogP contribution in [0.15, 0.2) is 12.1 Å². The van der Waals surface area contributed by atoms with E-state index in [9.17, 15) is 0 Å². The maximum absolute atomic E-state index is 6.62. The molecule has 0 aromatic heterocycles. The second kappa shape index (κ2) is 4.50. The van der Waals surface area contributed by atoms with E-state index in [2.05, 4.69) is 46.8 Å². The third-order valence-electron chi connectivity index (χ3n) is 5.78. The van der Waals surface area contributed by atoms with Crippen LogP contribution in [0.1, 0.15) is 93.9 Å². The molecule has 0 spiro atoms. The van der Waals surface area contributed by atoms with Crippen LogP contribution in [0, 0.1) is 0 Å². The van der Waals surface area contributed by atoms with Gasteiger partial charge in [0.05, 0.1) is 5.38 Å². The minimum Gasteiger partial charge on any atom is -0.118 e. The predicted molar refractivity (Wildman–Crippen MR) is 88.0 cm³/mol. The van der Waals surface area contributed by atoms with Crippen LogP contribution in [0.5, 0.6) is 0 Å². The van der Waals surface area contributed by atoms with Crippen LogP contribution in [0.25, 0.3) is 0 Å². The van der Waals surface area contributed by atoms with Gasteiger partial charge in [-0.25, -0.2) is 0 Å². The van der Waals surface area contributed by atoms with Crippen molar-refractivity contribution in [3.05, 3.63) is 34.4 Å². The molecule has 2 aliphatic rings. The quantitative estimate of drug-likeness (QED) is 0.498. The van der Waals surface area contributed by atoms with E-state index in [4.69, 9.17) is 11.6 Å². The molecule has 2 unspecified atom stereocenters. The fraction of sp³-hybridized carbons (Fsp3) is 0.684. The second-order valence-corrected chi connectivity index (χ2v) is 8.77. The lowest BCUT2D eigenvalue weighted by Crippen LogP contribution is -2.34. The Morgan fingerprint density at radius 1 is 0.900 bits per heavy atom. The van der Waals surface area contributed by atoms with Crippen molar-refractivity contribution in [2.45, 2.75) is 82.4 Å². The number of benzene rings is 1. The molecule has 0 bridgehead atoms.